The average molecular weight is 560 g/mol. The molecule has 2 aromatic carbocycles. The minimum atomic E-state index is -2.75. The molecule has 1 atom stereocenters. The largest absolute Gasteiger partial charge is 0.492 e. The van der Waals surface area contributed by atoms with E-state index < -0.39 is 12.6 Å². The first-order chi connectivity index (χ1) is 19.7. The van der Waals surface area contributed by atoms with Gasteiger partial charge < -0.3 is 15.0 Å². The second-order valence-corrected chi connectivity index (χ2v) is 10.2. The molecule has 11 heteroatoms. The van der Waals surface area contributed by atoms with E-state index in [1.54, 1.807) is 18.5 Å². The Hall–Kier alpha value is -4.64. The minimum absolute atomic E-state index is 0.244. The molecule has 3 aromatic heterocycles. The van der Waals surface area contributed by atoms with Gasteiger partial charge in [-0.1, -0.05) is 6.07 Å². The van der Waals surface area contributed by atoms with Crippen LogP contribution < -0.4 is 10.1 Å². The molecule has 0 aliphatic rings. The van der Waals surface area contributed by atoms with Crippen LogP contribution >= 0.6 is 0 Å². The monoisotopic (exact) mass is 559 g/mol. The van der Waals surface area contributed by atoms with Crippen molar-refractivity contribution in [1.29, 1.82) is 0 Å². The highest BCUT2D eigenvalue weighted by Crippen LogP contribution is 2.32. The van der Waals surface area contributed by atoms with Gasteiger partial charge in [0.15, 0.2) is 5.65 Å². The Morgan fingerprint density at radius 3 is 2.56 bits per heavy atom. The first-order valence-electron chi connectivity index (χ1n) is 13.1. The molecule has 0 fully saturated rings. The van der Waals surface area contributed by atoms with Gasteiger partial charge in [0.25, 0.3) is 5.91 Å². The van der Waals surface area contributed by atoms with Gasteiger partial charge in [0.2, 0.25) is 0 Å². The van der Waals surface area contributed by atoms with E-state index in [0.29, 0.717) is 39.4 Å². The van der Waals surface area contributed by atoms with Gasteiger partial charge in [-0.2, -0.15) is 19.0 Å². The molecule has 0 bridgehead atoms. The van der Waals surface area contributed by atoms with Crippen LogP contribution in [-0.4, -0.2) is 63.0 Å². The Kier molecular flexibility index (Phi) is 8.06. The van der Waals surface area contributed by atoms with Gasteiger partial charge in [-0.15, -0.1) is 0 Å². The van der Waals surface area contributed by atoms with Crippen LogP contribution in [0.2, 0.25) is 0 Å². The second kappa shape index (κ2) is 11.8. The molecular formula is C30H31F2N7O2. The molecule has 5 rings (SSSR count). The molecule has 0 radical (unpaired) electrons. The summed E-state index contributed by atoms with van der Waals surface area (Å²) in [6.45, 7) is 2.27. The van der Waals surface area contributed by atoms with Gasteiger partial charge >= 0.3 is 6.55 Å². The Morgan fingerprint density at radius 2 is 1.83 bits per heavy atom. The molecule has 0 saturated heterocycles. The quantitative estimate of drug-likeness (QED) is 0.230. The number of fused-ring (bicyclic) bond motifs is 1. The lowest BCUT2D eigenvalue weighted by atomic mass is 9.95. The third-order valence-electron chi connectivity index (χ3n) is 6.82. The molecule has 9 nitrogen and oxygen atoms in total. The van der Waals surface area contributed by atoms with Crippen LogP contribution in [0.4, 0.5) is 8.78 Å². The molecule has 0 saturated carbocycles. The van der Waals surface area contributed by atoms with Crippen molar-refractivity contribution in [3.63, 3.8) is 0 Å². The van der Waals surface area contributed by atoms with E-state index in [-0.39, 0.29) is 5.91 Å². The number of benzene rings is 2. The average Bonchev–Trinajstić information content (AvgIpc) is 3.63. The van der Waals surface area contributed by atoms with E-state index in [2.05, 4.69) is 25.6 Å². The number of rotatable bonds is 10. The summed E-state index contributed by atoms with van der Waals surface area (Å²) < 4.78 is 33.0. The molecule has 41 heavy (non-hydrogen) atoms. The summed E-state index contributed by atoms with van der Waals surface area (Å²) in [7, 11) is 3.94. The van der Waals surface area contributed by atoms with Crippen molar-refractivity contribution in [3.8, 4) is 28.0 Å². The number of carbonyl (C=O) groups excluding carboxylic acids is 1. The van der Waals surface area contributed by atoms with Crippen LogP contribution in [-0.2, 0) is 0 Å². The second-order valence-electron chi connectivity index (χ2n) is 10.2. The van der Waals surface area contributed by atoms with Crippen molar-refractivity contribution in [2.24, 2.45) is 0 Å². The standard InChI is InChI=1S/C30H31F2N7O2/c1-18-5-6-26(41-8-7-38(3)4)13-27(18)29(40)36-19(2)20-9-21(23-12-24-15-34-37-28(24)33-14-23)11-22(10-20)25-16-35-39(17-25)30(31)32/h5-6,9-17,19,30H,7-8H2,1-4H3,(H,36,40)(H,33,34,37)/t19-/m1/s1. The van der Waals surface area contributed by atoms with Crippen molar-refractivity contribution in [1.82, 2.24) is 35.2 Å². The van der Waals surface area contributed by atoms with Crippen molar-refractivity contribution in [2.45, 2.75) is 26.4 Å². The maximum absolute atomic E-state index is 13.4. The first-order valence-corrected chi connectivity index (χ1v) is 13.1. The van der Waals surface area contributed by atoms with Crippen molar-refractivity contribution < 1.29 is 18.3 Å². The lowest BCUT2D eigenvalue weighted by molar-refractivity contribution is 0.0566. The predicted molar refractivity (Wildman–Crippen MR) is 153 cm³/mol. The maximum Gasteiger partial charge on any atom is 0.333 e. The summed E-state index contributed by atoms with van der Waals surface area (Å²) >= 11 is 0. The number of hydrogen-bond acceptors (Lipinski definition) is 6. The number of ether oxygens (including phenoxy) is 1. The Labute approximate surface area is 236 Å². The summed E-state index contributed by atoms with van der Waals surface area (Å²) in [6, 6.07) is 12.7. The lowest BCUT2D eigenvalue weighted by Gasteiger charge is -2.18. The van der Waals surface area contributed by atoms with E-state index in [4.69, 9.17) is 4.74 Å². The molecule has 0 spiro atoms. The van der Waals surface area contributed by atoms with E-state index in [0.717, 1.165) is 34.2 Å². The highest BCUT2D eigenvalue weighted by atomic mass is 19.3. The van der Waals surface area contributed by atoms with Gasteiger partial charge in [-0.3, -0.25) is 9.89 Å². The summed E-state index contributed by atoms with van der Waals surface area (Å²) in [4.78, 5) is 19.9. The predicted octanol–water partition coefficient (Wildman–Crippen LogP) is 5.62. The molecule has 0 aliphatic carbocycles. The number of aromatic nitrogens is 5. The highest BCUT2D eigenvalue weighted by molar-refractivity contribution is 5.96. The van der Waals surface area contributed by atoms with Crippen LogP contribution in [0.15, 0.2) is 67.3 Å². The molecule has 2 N–H and O–H groups in total. The highest BCUT2D eigenvalue weighted by Gasteiger charge is 2.18. The summed E-state index contributed by atoms with van der Waals surface area (Å²) in [6.07, 6.45) is 6.12. The maximum atomic E-state index is 13.4. The van der Waals surface area contributed by atoms with E-state index in [1.165, 1.54) is 12.4 Å². The molecule has 212 valence electrons. The number of hydrogen-bond donors (Lipinski definition) is 2. The summed E-state index contributed by atoms with van der Waals surface area (Å²) in [5.41, 5.74) is 5.64. The van der Waals surface area contributed by atoms with Gasteiger partial charge in [0.05, 0.1) is 18.4 Å². The van der Waals surface area contributed by atoms with Gasteiger partial charge in [0, 0.05) is 41.0 Å². The Morgan fingerprint density at radius 1 is 1.05 bits per heavy atom. The van der Waals surface area contributed by atoms with E-state index >= 15 is 0 Å². The number of H-pyrrole nitrogens is 1. The number of pyridine rings is 1. The summed E-state index contributed by atoms with van der Waals surface area (Å²) in [5.74, 6) is 0.379. The van der Waals surface area contributed by atoms with Crippen LogP contribution in [0, 0.1) is 6.92 Å². The topological polar surface area (TPSA) is 101 Å². The lowest BCUT2D eigenvalue weighted by Crippen LogP contribution is -2.27. The van der Waals surface area contributed by atoms with Gasteiger partial charge in [-0.25, -0.2) is 9.67 Å². The zero-order valence-electron chi connectivity index (χ0n) is 23.2. The number of aryl methyl sites for hydroxylation is 1. The Balaban J connectivity index is 1.46. The van der Waals surface area contributed by atoms with Crippen LogP contribution in [0.5, 0.6) is 5.75 Å². The zero-order valence-corrected chi connectivity index (χ0v) is 23.2. The fourth-order valence-corrected chi connectivity index (χ4v) is 4.46. The number of alkyl halides is 2. The van der Waals surface area contributed by atoms with Crippen molar-refractivity contribution >= 4 is 16.9 Å². The number of amides is 1. The molecule has 0 aliphatic heterocycles. The molecular weight excluding hydrogens is 528 g/mol. The zero-order chi connectivity index (χ0) is 29.1. The normalized spacial score (nSPS) is 12.3. The van der Waals surface area contributed by atoms with Gasteiger partial charge in [-0.05, 0) is 86.6 Å². The number of halogens is 2. The van der Waals surface area contributed by atoms with Crippen LogP contribution in [0.3, 0.4) is 0 Å². The fraction of sp³-hybridized carbons (Fsp3) is 0.267. The summed E-state index contributed by atoms with van der Waals surface area (Å²) in [5, 5.41) is 14.6. The van der Waals surface area contributed by atoms with E-state index in [9.17, 15) is 13.6 Å². The number of aromatic amines is 1. The molecule has 5 aromatic rings. The molecule has 3 heterocycles. The molecule has 0 unspecified atom stereocenters. The minimum Gasteiger partial charge on any atom is -0.492 e. The van der Waals surface area contributed by atoms with Crippen molar-refractivity contribution in [2.75, 3.05) is 27.2 Å². The van der Waals surface area contributed by atoms with Gasteiger partial charge in [0.1, 0.15) is 12.4 Å². The van der Waals surface area contributed by atoms with Crippen LogP contribution in [0.25, 0.3) is 33.3 Å². The Bertz CT molecular complexity index is 1680. The number of likely N-dealkylation sites (N-methyl/N-ethyl adjacent to an activating group) is 1. The van der Waals surface area contributed by atoms with E-state index in [1.807, 2.05) is 69.2 Å². The van der Waals surface area contributed by atoms with Crippen LogP contribution in [0.1, 0.15) is 41.0 Å². The number of nitrogens with one attached hydrogen (secondary N) is 2. The number of nitrogens with zero attached hydrogens (tertiary/aromatic N) is 5. The third kappa shape index (κ3) is 6.41. The first kappa shape index (κ1) is 27.9. The smallest absolute Gasteiger partial charge is 0.333 e. The third-order valence-corrected chi connectivity index (χ3v) is 6.82. The fourth-order valence-electron chi connectivity index (χ4n) is 4.46. The van der Waals surface area contributed by atoms with Crippen molar-refractivity contribution in [3.05, 3.63) is 83.9 Å². The number of carbonyl (C=O) groups is 1. The SMILES string of the molecule is Cc1ccc(OCCN(C)C)cc1C(=O)N[C@H](C)c1cc(-c2cnc3[nH]ncc3c2)cc(-c2cnn(C(F)F)c2)c1. The molecule has 1 amide bonds.